The topological polar surface area (TPSA) is 71.4 Å². The van der Waals surface area contributed by atoms with Crippen LogP contribution in [0.25, 0.3) is 16.7 Å². The molecule has 3 aromatic rings. The Bertz CT molecular complexity index is 1520. The van der Waals surface area contributed by atoms with Gasteiger partial charge < -0.3 is 14.4 Å². The van der Waals surface area contributed by atoms with E-state index in [2.05, 4.69) is 44.7 Å². The van der Waals surface area contributed by atoms with Gasteiger partial charge in [0.1, 0.15) is 11.5 Å². The second kappa shape index (κ2) is 21.7. The number of benzene rings is 3. The number of ether oxygens (including phenoxy) is 2. The Morgan fingerprint density at radius 3 is 2.06 bits per heavy atom. The predicted octanol–water partition coefficient (Wildman–Crippen LogP) is 11.5. The van der Waals surface area contributed by atoms with Crippen LogP contribution in [0.4, 0.5) is 4.79 Å². The van der Waals surface area contributed by atoms with Gasteiger partial charge in [-0.05, 0) is 72.9 Å². The van der Waals surface area contributed by atoms with Crippen molar-refractivity contribution in [1.29, 1.82) is 0 Å². The quantitative estimate of drug-likeness (QED) is 0.0647. The molecule has 3 aromatic carbocycles. The molecule has 1 saturated heterocycles. The molecule has 0 spiro atoms. The van der Waals surface area contributed by atoms with Crippen LogP contribution < -0.4 is 9.47 Å². The molecule has 2 atom stereocenters. The molecule has 7 nitrogen and oxygen atoms in total. The Morgan fingerprint density at radius 2 is 1.53 bits per heavy atom. The lowest BCUT2D eigenvalue weighted by atomic mass is 9.93. The zero-order valence-corrected chi connectivity index (χ0v) is 32.2. The van der Waals surface area contributed by atoms with Crippen molar-refractivity contribution in [2.75, 3.05) is 20.8 Å². The van der Waals surface area contributed by atoms with Crippen molar-refractivity contribution in [2.45, 2.75) is 111 Å². The number of urea groups is 1. The number of allylic oxidation sites excluding steroid dienone is 1. The molecule has 0 aromatic heterocycles. The third-order valence-corrected chi connectivity index (χ3v) is 9.68. The number of hydrogen-bond acceptors (Lipinski definition) is 5. The summed E-state index contributed by atoms with van der Waals surface area (Å²) in [5, 5.41) is 5.56. The molecule has 7 heteroatoms. The van der Waals surface area contributed by atoms with E-state index >= 15 is 0 Å². The SMILES string of the molecule is C=NN(/C=C(\CCC)c1ccc(-c2c(OC)cc(C(=O)C(C)CC)cc2OC)cc1)C(=O)N1CCCCC1Cc1ccccc1.CCCCCC. The first-order valence-electron chi connectivity index (χ1n) is 19.0. The summed E-state index contributed by atoms with van der Waals surface area (Å²) in [5.74, 6) is 1.14. The van der Waals surface area contributed by atoms with Crippen LogP contribution in [0, 0.1) is 5.92 Å². The van der Waals surface area contributed by atoms with E-state index in [0.717, 1.165) is 67.2 Å². The van der Waals surface area contributed by atoms with Crippen LogP contribution in [0.5, 0.6) is 11.5 Å². The van der Waals surface area contributed by atoms with Gasteiger partial charge >= 0.3 is 6.03 Å². The van der Waals surface area contributed by atoms with Crippen LogP contribution in [-0.4, -0.2) is 55.2 Å². The summed E-state index contributed by atoms with van der Waals surface area (Å²) < 4.78 is 11.5. The van der Waals surface area contributed by atoms with Gasteiger partial charge in [0.2, 0.25) is 0 Å². The number of piperidine rings is 1. The molecule has 0 aliphatic carbocycles. The van der Waals surface area contributed by atoms with Gasteiger partial charge in [-0.2, -0.15) is 10.1 Å². The highest BCUT2D eigenvalue weighted by molar-refractivity contribution is 5.99. The monoisotopic (exact) mass is 695 g/mol. The smallest absolute Gasteiger partial charge is 0.344 e. The number of likely N-dealkylation sites (tertiary alicyclic amines) is 1. The normalized spacial score (nSPS) is 14.9. The van der Waals surface area contributed by atoms with E-state index in [1.807, 2.05) is 67.4 Å². The lowest BCUT2D eigenvalue weighted by Gasteiger charge is -2.37. The highest BCUT2D eigenvalue weighted by Crippen LogP contribution is 2.41. The average Bonchev–Trinajstić information content (AvgIpc) is 3.18. The Balaban J connectivity index is 0.00000107. The summed E-state index contributed by atoms with van der Waals surface area (Å²) >= 11 is 0. The minimum absolute atomic E-state index is 0.0659. The van der Waals surface area contributed by atoms with Crippen LogP contribution in [0.2, 0.25) is 0 Å². The number of hydrazone groups is 1. The standard InChI is InChI=1S/C38H47N3O4.C6H14/c1-7-14-31(26-41(39-4)38(43)40-22-13-12-17-33(40)23-28-15-10-9-11-16-28)29-18-20-30(21-19-29)36-34(44-5)24-32(25-35(36)45-6)37(42)27(3)8-2;1-3-5-6-4-2/h9-11,15-16,18-21,24-27,33H,4,7-8,12-14,17,22-23H2,1-3,5-6H3;3-6H2,1-2H3/b31-26+;. The summed E-state index contributed by atoms with van der Waals surface area (Å²) in [7, 11) is 3.21. The maximum Gasteiger partial charge on any atom is 0.344 e. The van der Waals surface area contributed by atoms with E-state index in [0.29, 0.717) is 23.6 Å². The van der Waals surface area contributed by atoms with Crippen LogP contribution in [0.15, 0.2) is 78.0 Å². The molecule has 1 aliphatic heterocycles. The van der Waals surface area contributed by atoms with Gasteiger partial charge in [-0.1, -0.05) is 121 Å². The van der Waals surface area contributed by atoms with Crippen molar-refractivity contribution in [3.8, 4) is 22.6 Å². The zero-order chi connectivity index (χ0) is 37.2. The predicted molar refractivity (Wildman–Crippen MR) is 213 cm³/mol. The third kappa shape index (κ3) is 11.6. The molecular formula is C44H61N3O4. The van der Waals surface area contributed by atoms with Gasteiger partial charge in [0.15, 0.2) is 5.78 Å². The number of carbonyl (C=O) groups is 2. The molecule has 2 unspecified atom stereocenters. The molecule has 0 N–H and O–H groups in total. The summed E-state index contributed by atoms with van der Waals surface area (Å²) in [6, 6.07) is 22.0. The molecule has 0 bridgehead atoms. The molecule has 0 saturated carbocycles. The fraction of sp³-hybridized carbons (Fsp3) is 0.477. The largest absolute Gasteiger partial charge is 0.496 e. The number of nitrogens with zero attached hydrogens (tertiary/aromatic N) is 3. The molecule has 2 amide bonds. The maximum atomic E-state index is 13.8. The van der Waals surface area contributed by atoms with E-state index in [1.54, 1.807) is 26.4 Å². The second-order valence-corrected chi connectivity index (χ2v) is 13.4. The molecule has 51 heavy (non-hydrogen) atoms. The Hall–Kier alpha value is -4.39. The minimum atomic E-state index is -0.141. The van der Waals surface area contributed by atoms with Crippen LogP contribution in [-0.2, 0) is 6.42 Å². The van der Waals surface area contributed by atoms with Crippen molar-refractivity contribution in [1.82, 2.24) is 9.91 Å². The summed E-state index contributed by atoms with van der Waals surface area (Å²) in [4.78, 5) is 28.7. The van der Waals surface area contributed by atoms with Gasteiger partial charge in [-0.25, -0.2) is 4.79 Å². The van der Waals surface area contributed by atoms with Gasteiger partial charge in [-0.15, -0.1) is 0 Å². The molecular weight excluding hydrogens is 635 g/mol. The third-order valence-electron chi connectivity index (χ3n) is 9.68. The van der Waals surface area contributed by atoms with E-state index in [9.17, 15) is 9.59 Å². The Labute approximate surface area is 307 Å². The van der Waals surface area contributed by atoms with Crippen molar-refractivity contribution < 1.29 is 19.1 Å². The van der Waals surface area contributed by atoms with Gasteiger partial charge in [-0.3, -0.25) is 4.79 Å². The van der Waals surface area contributed by atoms with Crippen LogP contribution >= 0.6 is 0 Å². The molecule has 1 aliphatic rings. The van der Waals surface area contributed by atoms with E-state index in [4.69, 9.17) is 9.47 Å². The average molecular weight is 696 g/mol. The maximum absolute atomic E-state index is 13.8. The number of amides is 2. The summed E-state index contributed by atoms with van der Waals surface area (Å²) in [5.41, 5.74) is 5.48. The molecule has 1 heterocycles. The van der Waals surface area contributed by atoms with Crippen molar-refractivity contribution in [3.63, 3.8) is 0 Å². The zero-order valence-electron chi connectivity index (χ0n) is 32.2. The number of rotatable bonds is 16. The van der Waals surface area contributed by atoms with E-state index in [-0.39, 0.29) is 23.8 Å². The summed E-state index contributed by atoms with van der Waals surface area (Å²) in [6.45, 7) is 15.0. The summed E-state index contributed by atoms with van der Waals surface area (Å²) in [6.07, 6.45) is 13.7. The fourth-order valence-electron chi connectivity index (χ4n) is 6.50. The Kier molecular flexibility index (Phi) is 17.5. The molecule has 0 radical (unpaired) electrons. The lowest BCUT2D eigenvalue weighted by Crippen LogP contribution is -2.48. The van der Waals surface area contributed by atoms with E-state index in [1.165, 1.54) is 36.3 Å². The first kappa shape index (κ1) is 41.0. The van der Waals surface area contributed by atoms with E-state index < -0.39 is 0 Å². The number of ketones is 1. The van der Waals surface area contributed by atoms with Crippen LogP contribution in [0.1, 0.15) is 120 Å². The van der Waals surface area contributed by atoms with Gasteiger partial charge in [0.05, 0.1) is 19.8 Å². The van der Waals surface area contributed by atoms with Crippen molar-refractivity contribution in [3.05, 3.63) is 89.6 Å². The van der Waals surface area contributed by atoms with Gasteiger partial charge in [0.25, 0.3) is 0 Å². The molecule has 276 valence electrons. The van der Waals surface area contributed by atoms with Crippen molar-refractivity contribution >= 4 is 24.1 Å². The van der Waals surface area contributed by atoms with Crippen molar-refractivity contribution in [2.24, 2.45) is 11.0 Å². The fourth-order valence-corrected chi connectivity index (χ4v) is 6.50. The lowest BCUT2D eigenvalue weighted by molar-refractivity contribution is 0.0926. The number of hydrogen-bond donors (Lipinski definition) is 0. The molecule has 1 fully saturated rings. The first-order chi connectivity index (χ1) is 24.8. The highest BCUT2D eigenvalue weighted by Gasteiger charge is 2.30. The minimum Gasteiger partial charge on any atom is -0.496 e. The molecule has 4 rings (SSSR count). The number of methoxy groups -OCH3 is 2. The Morgan fingerprint density at radius 1 is 0.902 bits per heavy atom. The highest BCUT2D eigenvalue weighted by atomic mass is 16.5. The number of unbranched alkanes of at least 4 members (excludes halogenated alkanes) is 3. The first-order valence-corrected chi connectivity index (χ1v) is 19.0. The number of carbonyl (C=O) groups excluding carboxylic acids is 2. The van der Waals surface area contributed by atoms with Gasteiger partial charge in [0, 0.05) is 37.0 Å². The second-order valence-electron chi connectivity index (χ2n) is 13.4. The van der Waals surface area contributed by atoms with Crippen LogP contribution in [0.3, 0.4) is 0 Å². The number of Topliss-reactive ketones (excluding diaryl/α,β-unsaturated/α-hetero) is 1.